The van der Waals surface area contributed by atoms with Crippen LogP contribution in [0, 0.1) is 0 Å². The van der Waals surface area contributed by atoms with Gasteiger partial charge in [0.05, 0.1) is 13.0 Å². The minimum Gasteiger partial charge on any atom is -0.508 e. The third-order valence-corrected chi connectivity index (χ3v) is 20.0. The summed E-state index contributed by atoms with van der Waals surface area (Å²) in [5.74, 6) is -7.48. The largest absolute Gasteiger partial charge is 0.508 e. The molecule has 6 aromatic rings. The number of aromatic amines is 2. The number of nitrogens with two attached hydrogens (primary N) is 2. The number of carboxylic acids is 1. The highest BCUT2D eigenvalue weighted by Crippen LogP contribution is 2.27. The number of fused-ring (bicyclic) bond motifs is 5. The molecule has 1 saturated heterocycles. The van der Waals surface area contributed by atoms with E-state index in [2.05, 4.69) is 31.2 Å². The van der Waals surface area contributed by atoms with E-state index < -0.39 is 120 Å². The topological polar surface area (TPSA) is 376 Å². The second-order valence-electron chi connectivity index (χ2n) is 24.7. The number of aromatic nitrogens is 2. The number of amides is 10. The zero-order valence-corrected chi connectivity index (χ0v) is 56.8. The van der Waals surface area contributed by atoms with Crippen LogP contribution in [-0.2, 0) is 83.5 Å². The number of aliphatic carboxylic acids is 1. The Morgan fingerprint density at radius 2 is 1.26 bits per heavy atom. The van der Waals surface area contributed by atoms with Crippen LogP contribution >= 0.6 is 23.5 Å². The number of nitrogens with one attached hydrogen (secondary N) is 6. The molecule has 2 aliphatic heterocycles. The van der Waals surface area contributed by atoms with E-state index in [-0.39, 0.29) is 62.5 Å². The fraction of sp³-hybridized carbons (Fsp3) is 0.435. The Bertz CT molecular complexity index is 3830. The molecule has 12 N–H and O–H groups in total. The average molecular weight is 1370 g/mol. The Kier molecular flexibility index (Phi) is 26.1. The summed E-state index contributed by atoms with van der Waals surface area (Å²) in [5, 5.41) is 33.0. The highest BCUT2D eigenvalue weighted by Gasteiger charge is 2.43. The van der Waals surface area contributed by atoms with Crippen molar-refractivity contribution in [2.24, 2.45) is 11.5 Å². The monoisotopic (exact) mass is 1370 g/mol. The van der Waals surface area contributed by atoms with E-state index in [0.717, 1.165) is 31.8 Å². The molecule has 2 aliphatic rings. The van der Waals surface area contributed by atoms with Crippen LogP contribution in [0.5, 0.6) is 5.75 Å². The van der Waals surface area contributed by atoms with E-state index >= 15 is 14.4 Å². The molecule has 4 heterocycles. The van der Waals surface area contributed by atoms with Gasteiger partial charge in [-0.3, -0.25) is 52.7 Å². The smallest absolute Gasteiger partial charge is 0.305 e. The van der Waals surface area contributed by atoms with Gasteiger partial charge in [-0.05, 0) is 97.7 Å². The summed E-state index contributed by atoms with van der Waals surface area (Å²) in [6.45, 7) is 1.26. The molecule has 2 bridgehead atoms. The van der Waals surface area contributed by atoms with Gasteiger partial charge in [-0.15, -0.1) is 0 Å². The highest BCUT2D eigenvalue weighted by molar-refractivity contribution is 7.98. The maximum absolute atomic E-state index is 15.3. The van der Waals surface area contributed by atoms with Crippen molar-refractivity contribution in [1.82, 2.24) is 55.7 Å². The van der Waals surface area contributed by atoms with Gasteiger partial charge in [-0.25, -0.2) is 0 Å². The van der Waals surface area contributed by atoms with Crippen molar-refractivity contribution in [3.8, 4) is 5.75 Å². The van der Waals surface area contributed by atoms with Crippen molar-refractivity contribution in [2.75, 3.05) is 59.3 Å². The summed E-state index contributed by atoms with van der Waals surface area (Å²) >= 11 is 2.87. The molecule has 28 heteroatoms. The van der Waals surface area contributed by atoms with Gasteiger partial charge in [0, 0.05) is 118 Å². The normalized spacial score (nSPS) is 22.8. The summed E-state index contributed by atoms with van der Waals surface area (Å²) in [4.78, 5) is 170. The van der Waals surface area contributed by atoms with E-state index in [1.165, 1.54) is 85.5 Å². The first-order chi connectivity index (χ1) is 46.4. The fourth-order valence-corrected chi connectivity index (χ4v) is 14.0. The van der Waals surface area contributed by atoms with Gasteiger partial charge < -0.3 is 77.4 Å². The Balaban J connectivity index is 1.13. The van der Waals surface area contributed by atoms with Crippen molar-refractivity contribution >= 4 is 110 Å². The predicted octanol–water partition coefficient (Wildman–Crippen LogP) is 2.93. The number of aromatic hydroxyl groups is 1. The summed E-state index contributed by atoms with van der Waals surface area (Å²) in [6, 6.07) is 17.3. The molecule has 0 saturated carbocycles. The number of likely N-dealkylation sites (N-methyl/N-ethyl adjacent to an activating group) is 4. The van der Waals surface area contributed by atoms with Crippen LogP contribution in [0.1, 0.15) is 79.7 Å². The number of hydrogen-bond donors (Lipinski definition) is 10. The number of hydrogen-bond acceptors (Lipinski definition) is 15. The van der Waals surface area contributed by atoms with Gasteiger partial charge in [0.25, 0.3) is 0 Å². The molecule has 8 atom stereocenters. The zero-order valence-electron chi connectivity index (χ0n) is 55.1. The minimum atomic E-state index is -1.87. The van der Waals surface area contributed by atoms with Crippen molar-refractivity contribution < 1.29 is 63.0 Å². The number of thioether (sulfide) groups is 2. The lowest BCUT2D eigenvalue weighted by Crippen LogP contribution is -2.60. The Hall–Kier alpha value is -9.41. The third-order valence-electron chi connectivity index (χ3n) is 17.8. The average Bonchev–Trinajstić information content (AvgIpc) is 1.80. The van der Waals surface area contributed by atoms with E-state index in [1.807, 2.05) is 48.5 Å². The minimum absolute atomic E-state index is 0.0626. The van der Waals surface area contributed by atoms with E-state index in [0.29, 0.717) is 70.7 Å². The first-order valence-electron chi connectivity index (χ1n) is 32.3. The number of carboxylic acid groups (broad SMARTS) is 1. The first kappa shape index (κ1) is 73.4. The van der Waals surface area contributed by atoms with E-state index in [9.17, 15) is 48.6 Å². The van der Waals surface area contributed by atoms with Crippen LogP contribution < -0.4 is 32.7 Å². The number of carbonyl (C=O) groups is 11. The van der Waals surface area contributed by atoms with E-state index in [1.54, 1.807) is 48.8 Å². The third kappa shape index (κ3) is 19.4. The number of rotatable bonds is 13. The molecule has 2 aromatic heterocycles. The summed E-state index contributed by atoms with van der Waals surface area (Å²) in [6.07, 6.45) is 3.80. The van der Waals surface area contributed by atoms with Gasteiger partial charge in [0.2, 0.25) is 59.1 Å². The van der Waals surface area contributed by atoms with Crippen LogP contribution in [0.15, 0.2) is 109 Å². The number of H-pyrrole nitrogens is 2. The van der Waals surface area contributed by atoms with Crippen LogP contribution in [-0.4, -0.2) is 217 Å². The Labute approximate surface area is 571 Å². The molecule has 0 unspecified atom stereocenters. The standard InChI is InChI=1S/C69H87N13O13S2/c1-41-66(92)81(5)58(31-42-22-24-47(83)25-23-42)69(95)82-28-13-21-56(82)64(90)77-55(62(71)88)40-97-39-44-15-12-14-43(30-44)38-96-29-26-59(84)74-52(20-10-11-27-70)67(93)78(2)37-60(85)80(4)57(33-46-36-73-51-19-9-7-17-49(46)51)65(91)75-53(32-45-35-72-50-18-8-6-16-48(45)50)63(89)76-54(34-61(86)87)68(94)79(41)3/h6-9,12,14-19,22-25,30,35-36,41,52-58,72-73,83H,10-11,13,20-21,26-29,31-34,37-40,70H2,1-5H3,(H2,71,88)(H,74,84)(H,75,91)(H,76,89)(H,77,90)(H,86,87)/t41-,52-,53-,54-,55-,56-,57-,58-/m0/s1. The molecule has 26 nitrogen and oxygen atoms in total. The predicted molar refractivity (Wildman–Crippen MR) is 369 cm³/mol. The molecule has 0 aliphatic carbocycles. The molecule has 8 rings (SSSR count). The second kappa shape index (κ2) is 34.5. The number of nitrogens with zero attached hydrogens (tertiary/aromatic N) is 5. The van der Waals surface area contributed by atoms with Gasteiger partial charge in [0.1, 0.15) is 54.1 Å². The quantitative estimate of drug-likeness (QED) is 0.0743. The number of unbranched alkanes of at least 4 members (excludes halogenated alkanes) is 1. The van der Waals surface area contributed by atoms with Crippen molar-refractivity contribution in [3.63, 3.8) is 0 Å². The molecule has 0 spiro atoms. The zero-order chi connectivity index (χ0) is 70.0. The molecular formula is C69H87N13O13S2. The number of benzene rings is 4. The molecule has 4 aromatic carbocycles. The lowest BCUT2D eigenvalue weighted by atomic mass is 10.00. The first-order valence-corrected chi connectivity index (χ1v) is 34.6. The van der Waals surface area contributed by atoms with Gasteiger partial charge in [-0.2, -0.15) is 23.5 Å². The van der Waals surface area contributed by atoms with Gasteiger partial charge >= 0.3 is 5.97 Å². The number of carbonyl (C=O) groups excluding carboxylic acids is 10. The Morgan fingerprint density at radius 1 is 0.629 bits per heavy atom. The van der Waals surface area contributed by atoms with Crippen LogP contribution in [0.2, 0.25) is 0 Å². The maximum Gasteiger partial charge on any atom is 0.305 e. The van der Waals surface area contributed by atoms with Crippen molar-refractivity contribution in [3.05, 3.63) is 137 Å². The molecular weight excluding hydrogens is 1280 g/mol. The molecule has 97 heavy (non-hydrogen) atoms. The Morgan fingerprint density at radius 3 is 1.90 bits per heavy atom. The van der Waals surface area contributed by atoms with Gasteiger partial charge in [0.15, 0.2) is 0 Å². The number of para-hydroxylation sites is 2. The molecule has 0 radical (unpaired) electrons. The number of phenols is 1. The van der Waals surface area contributed by atoms with Crippen molar-refractivity contribution in [2.45, 2.75) is 131 Å². The lowest BCUT2D eigenvalue weighted by Gasteiger charge is -2.36. The van der Waals surface area contributed by atoms with Crippen LogP contribution in [0.3, 0.4) is 0 Å². The van der Waals surface area contributed by atoms with Gasteiger partial charge in [-0.1, -0.05) is 72.8 Å². The SMILES string of the molecule is C[C@H]1C(=O)N(C)[C@@H](Cc2ccc(O)cc2)C(=O)N2CCC[C@H]2C(=O)N[C@H](C(N)=O)CSCc2cccc(c2)CSCCC(=O)N[C@@H](CCCCN)C(=O)N(C)CC(=O)N(C)[C@@H](Cc2c[nH]c3ccccc23)C(=O)N[C@@H](Cc2c[nH]c3ccccc23)C(=O)N[C@@H](CC(=O)O)C(=O)N1C. The van der Waals surface area contributed by atoms with E-state index in [4.69, 9.17) is 11.5 Å². The lowest BCUT2D eigenvalue weighted by molar-refractivity contribution is -0.152. The molecule has 10 amide bonds. The number of phenolic OH excluding ortho intramolecular Hbond substituents is 1. The molecule has 518 valence electrons. The summed E-state index contributed by atoms with van der Waals surface area (Å²) in [7, 11) is 5.40. The second-order valence-corrected chi connectivity index (χ2v) is 26.9. The number of primary amides is 1. The maximum atomic E-state index is 15.3. The van der Waals surface area contributed by atoms with Crippen molar-refractivity contribution in [1.29, 1.82) is 0 Å². The molecule has 1 fully saturated rings. The fourth-order valence-electron chi connectivity index (χ4n) is 12.1. The summed E-state index contributed by atoms with van der Waals surface area (Å²) in [5.41, 5.74) is 16.7. The summed E-state index contributed by atoms with van der Waals surface area (Å²) < 4.78 is 0. The van der Waals surface area contributed by atoms with Crippen LogP contribution in [0.25, 0.3) is 21.8 Å². The highest BCUT2D eigenvalue weighted by atomic mass is 32.2. The van der Waals surface area contributed by atoms with Crippen LogP contribution in [0.4, 0.5) is 0 Å².